The van der Waals surface area contributed by atoms with Crippen molar-refractivity contribution in [3.05, 3.63) is 21.3 Å². The average Bonchev–Trinajstić information content (AvgIpc) is 2.31. The molecule has 0 aliphatic rings. The van der Waals surface area contributed by atoms with Gasteiger partial charge in [-0.3, -0.25) is 4.79 Å². The Hall–Kier alpha value is -1.22. The molecule has 0 spiro atoms. The Kier molecular flexibility index (Phi) is 5.12. The van der Waals surface area contributed by atoms with Gasteiger partial charge in [0.25, 0.3) is 0 Å². The minimum Gasteiger partial charge on any atom is -0.493 e. The van der Waals surface area contributed by atoms with E-state index in [0.717, 1.165) is 9.86 Å². The van der Waals surface area contributed by atoms with E-state index < -0.39 is 0 Å². The zero-order valence-corrected chi connectivity index (χ0v) is 11.2. The molecule has 0 saturated carbocycles. The van der Waals surface area contributed by atoms with Crippen LogP contribution >= 0.6 is 22.6 Å². The highest BCUT2D eigenvalue weighted by atomic mass is 127. The van der Waals surface area contributed by atoms with E-state index >= 15 is 0 Å². The van der Waals surface area contributed by atoms with E-state index in [2.05, 4.69) is 34.4 Å². The van der Waals surface area contributed by atoms with E-state index in [0.29, 0.717) is 17.1 Å². The highest BCUT2D eigenvalue weighted by Crippen LogP contribution is 2.34. The fourth-order valence-electron chi connectivity index (χ4n) is 1.12. The molecule has 84 valence electrons. The highest BCUT2D eigenvalue weighted by Gasteiger charge is 2.12. The Morgan fingerprint density at radius 3 is 2.81 bits per heavy atom. The summed E-state index contributed by atoms with van der Waals surface area (Å²) in [7, 11) is 1.56. The number of hydrogen-bond donors (Lipinski definition) is 0. The van der Waals surface area contributed by atoms with E-state index in [4.69, 9.17) is 9.47 Å². The molecule has 0 heterocycles. The Bertz CT molecular complexity index is 444. The van der Waals surface area contributed by atoms with E-state index in [1.165, 1.54) is 0 Å². The molecule has 0 amide bonds. The van der Waals surface area contributed by atoms with Crippen molar-refractivity contribution in [2.24, 2.45) is 0 Å². The van der Waals surface area contributed by atoms with E-state index in [-0.39, 0.29) is 6.61 Å². The van der Waals surface area contributed by atoms with Crippen molar-refractivity contribution >= 4 is 28.9 Å². The van der Waals surface area contributed by atoms with Crippen LogP contribution in [0.5, 0.6) is 11.5 Å². The van der Waals surface area contributed by atoms with Crippen molar-refractivity contribution in [3.63, 3.8) is 0 Å². The summed E-state index contributed by atoms with van der Waals surface area (Å²) in [6.45, 7) is 2.03. The Balaban J connectivity index is 3.08. The molecular formula is C12H11IO3. The topological polar surface area (TPSA) is 35.5 Å². The predicted molar refractivity (Wildman–Crippen MR) is 70.0 cm³/mol. The van der Waals surface area contributed by atoms with Crippen molar-refractivity contribution in [2.75, 3.05) is 13.7 Å². The van der Waals surface area contributed by atoms with Crippen LogP contribution in [0.25, 0.3) is 0 Å². The molecule has 0 saturated heterocycles. The lowest BCUT2D eigenvalue weighted by Gasteiger charge is -2.11. The molecule has 0 aliphatic heterocycles. The quantitative estimate of drug-likeness (QED) is 0.483. The molecule has 0 fully saturated rings. The van der Waals surface area contributed by atoms with Gasteiger partial charge in [0.2, 0.25) is 0 Å². The number of methoxy groups -OCH3 is 1. The van der Waals surface area contributed by atoms with Gasteiger partial charge in [-0.25, -0.2) is 0 Å². The van der Waals surface area contributed by atoms with Crippen molar-refractivity contribution in [1.82, 2.24) is 0 Å². The van der Waals surface area contributed by atoms with Crippen LogP contribution in [-0.4, -0.2) is 20.0 Å². The molecule has 0 radical (unpaired) electrons. The van der Waals surface area contributed by atoms with Crippen LogP contribution < -0.4 is 9.47 Å². The van der Waals surface area contributed by atoms with Gasteiger partial charge in [-0.05, 0) is 41.6 Å². The molecule has 0 atom stereocenters. The van der Waals surface area contributed by atoms with E-state index in [1.54, 1.807) is 26.2 Å². The second-order valence-electron chi connectivity index (χ2n) is 2.83. The van der Waals surface area contributed by atoms with Gasteiger partial charge in [-0.15, -0.1) is 5.92 Å². The number of halogens is 1. The van der Waals surface area contributed by atoms with Gasteiger partial charge in [0.1, 0.15) is 6.61 Å². The normalized spacial score (nSPS) is 8.94. The lowest BCUT2D eigenvalue weighted by Crippen LogP contribution is -2.01. The van der Waals surface area contributed by atoms with Crippen molar-refractivity contribution < 1.29 is 14.3 Å². The largest absolute Gasteiger partial charge is 0.493 e. The van der Waals surface area contributed by atoms with E-state index in [9.17, 15) is 4.79 Å². The van der Waals surface area contributed by atoms with Crippen molar-refractivity contribution in [1.29, 1.82) is 0 Å². The zero-order chi connectivity index (χ0) is 12.0. The van der Waals surface area contributed by atoms with Gasteiger partial charge in [0.05, 0.1) is 10.7 Å². The number of hydrogen-bond acceptors (Lipinski definition) is 3. The van der Waals surface area contributed by atoms with Gasteiger partial charge in [-0.2, -0.15) is 0 Å². The second-order valence-corrected chi connectivity index (χ2v) is 3.91. The lowest BCUT2D eigenvalue weighted by atomic mass is 10.2. The summed E-state index contributed by atoms with van der Waals surface area (Å²) in [6.07, 6.45) is 0.791. The van der Waals surface area contributed by atoms with Crippen molar-refractivity contribution in [3.8, 4) is 23.3 Å². The van der Waals surface area contributed by atoms with Gasteiger partial charge < -0.3 is 9.47 Å². The van der Waals surface area contributed by atoms with Gasteiger partial charge in [0, 0.05) is 5.56 Å². The third kappa shape index (κ3) is 2.89. The van der Waals surface area contributed by atoms with Crippen molar-refractivity contribution in [2.45, 2.75) is 6.92 Å². The smallest absolute Gasteiger partial charge is 0.176 e. The van der Waals surface area contributed by atoms with Crippen LogP contribution in [-0.2, 0) is 0 Å². The first-order valence-electron chi connectivity index (χ1n) is 4.58. The van der Waals surface area contributed by atoms with Crippen LogP contribution in [0.1, 0.15) is 17.3 Å². The third-order valence-corrected chi connectivity index (χ3v) is 3.02. The maximum atomic E-state index is 10.8. The predicted octanol–water partition coefficient (Wildman–Crippen LogP) is 2.51. The SMILES string of the molecule is CC#CCOc1c(OC)ccc(C=O)c1I. The van der Waals surface area contributed by atoms with Gasteiger partial charge >= 0.3 is 0 Å². The van der Waals surface area contributed by atoms with Crippen LogP contribution in [0.2, 0.25) is 0 Å². The molecular weight excluding hydrogens is 319 g/mol. The lowest BCUT2D eigenvalue weighted by molar-refractivity contribution is 0.112. The molecule has 16 heavy (non-hydrogen) atoms. The Labute approximate surface area is 108 Å². The molecule has 1 aromatic carbocycles. The van der Waals surface area contributed by atoms with Crippen LogP contribution in [0, 0.1) is 15.4 Å². The standard InChI is InChI=1S/C12H11IO3/c1-3-4-7-16-12-10(15-2)6-5-9(8-14)11(12)13/h5-6,8H,7H2,1-2H3. The first kappa shape index (κ1) is 12.8. The third-order valence-electron chi connectivity index (χ3n) is 1.90. The summed E-state index contributed by atoms with van der Waals surface area (Å²) in [5.74, 6) is 6.70. The molecule has 0 aliphatic carbocycles. The summed E-state index contributed by atoms with van der Waals surface area (Å²) in [5, 5.41) is 0. The summed E-state index contributed by atoms with van der Waals surface area (Å²) < 4.78 is 11.4. The second kappa shape index (κ2) is 6.38. The summed E-state index contributed by atoms with van der Waals surface area (Å²) >= 11 is 2.06. The maximum absolute atomic E-state index is 10.8. The molecule has 1 aromatic rings. The molecule has 3 nitrogen and oxygen atoms in total. The monoisotopic (exact) mass is 330 g/mol. The van der Waals surface area contributed by atoms with Gasteiger partial charge in [0.15, 0.2) is 17.8 Å². The first-order valence-corrected chi connectivity index (χ1v) is 5.66. The zero-order valence-electron chi connectivity index (χ0n) is 9.04. The first-order chi connectivity index (χ1) is 7.74. The number of carbonyl (C=O) groups excluding carboxylic acids is 1. The van der Waals surface area contributed by atoms with Crippen LogP contribution in [0.3, 0.4) is 0 Å². The van der Waals surface area contributed by atoms with Gasteiger partial charge in [-0.1, -0.05) is 5.92 Å². The Morgan fingerprint density at radius 1 is 1.50 bits per heavy atom. The molecule has 0 N–H and O–H groups in total. The minimum absolute atomic E-state index is 0.283. The van der Waals surface area contributed by atoms with E-state index in [1.807, 2.05) is 0 Å². The molecule has 1 rings (SSSR count). The number of ether oxygens (including phenoxy) is 2. The molecule has 0 aromatic heterocycles. The average molecular weight is 330 g/mol. The maximum Gasteiger partial charge on any atom is 0.176 e. The molecule has 4 heteroatoms. The summed E-state index contributed by atoms with van der Waals surface area (Å²) in [4.78, 5) is 10.8. The van der Waals surface area contributed by atoms with Crippen LogP contribution in [0.15, 0.2) is 12.1 Å². The molecule has 0 bridgehead atoms. The van der Waals surface area contributed by atoms with Crippen LogP contribution in [0.4, 0.5) is 0 Å². The molecule has 0 unspecified atom stereocenters. The summed E-state index contributed by atoms with van der Waals surface area (Å²) in [5.41, 5.74) is 0.584. The Morgan fingerprint density at radius 2 is 2.25 bits per heavy atom. The number of benzene rings is 1. The number of carbonyl (C=O) groups is 1. The summed E-state index contributed by atoms with van der Waals surface area (Å²) in [6, 6.07) is 3.41. The minimum atomic E-state index is 0.283. The highest BCUT2D eigenvalue weighted by molar-refractivity contribution is 14.1. The fourth-order valence-corrected chi connectivity index (χ4v) is 1.85. The number of rotatable bonds is 4. The fraction of sp³-hybridized carbons (Fsp3) is 0.250. The number of aldehydes is 1.